The van der Waals surface area contributed by atoms with Gasteiger partial charge < -0.3 is 0 Å². The fourth-order valence-electron chi connectivity index (χ4n) is 7.53. The molecule has 0 amide bonds. The summed E-state index contributed by atoms with van der Waals surface area (Å²) >= 11 is 0. The Morgan fingerprint density at radius 1 is 0.417 bits per heavy atom. The van der Waals surface area contributed by atoms with Crippen molar-refractivity contribution in [3.05, 3.63) is 155 Å². The van der Waals surface area contributed by atoms with E-state index < -0.39 is 0 Å². The molecule has 0 fully saturated rings. The summed E-state index contributed by atoms with van der Waals surface area (Å²) in [6.07, 6.45) is 1.01. The number of benzene rings is 6. The zero-order valence-electron chi connectivity index (χ0n) is 19.8. The standard InChI is InChI=1S/C36H22/c1-4-12-26-22(9-1)17-18-33-35(26)28-14-6-8-16-32(28)36(33)31-15-7-5-13-27(31)30-21-29-24(20-34(30)36)19-23-10-2-3-11-25(23)29/h1-18,20-21H,19H2. The monoisotopic (exact) mass is 454 g/mol. The highest BCUT2D eigenvalue weighted by atomic mass is 14.5. The first-order valence-corrected chi connectivity index (χ1v) is 12.8. The quantitative estimate of drug-likeness (QED) is 0.215. The smallest absolute Gasteiger partial charge is 0.0619 e. The first kappa shape index (κ1) is 18.9. The molecule has 6 aromatic carbocycles. The maximum absolute atomic E-state index is 2.55. The van der Waals surface area contributed by atoms with E-state index in [0.717, 1.165) is 6.42 Å². The Kier molecular flexibility index (Phi) is 3.36. The molecule has 1 unspecified atom stereocenters. The van der Waals surface area contributed by atoms with Crippen LogP contribution in [0.5, 0.6) is 0 Å². The molecule has 166 valence electrons. The minimum Gasteiger partial charge on any atom is -0.0619 e. The highest BCUT2D eigenvalue weighted by Gasteiger charge is 2.52. The van der Waals surface area contributed by atoms with Gasteiger partial charge in [0.15, 0.2) is 0 Å². The van der Waals surface area contributed by atoms with Gasteiger partial charge in [-0.25, -0.2) is 0 Å². The average molecular weight is 455 g/mol. The molecular weight excluding hydrogens is 432 g/mol. The highest BCUT2D eigenvalue weighted by Crippen LogP contribution is 2.64. The van der Waals surface area contributed by atoms with E-state index in [2.05, 4.69) is 121 Å². The van der Waals surface area contributed by atoms with Crippen LogP contribution in [0.4, 0.5) is 0 Å². The number of hydrogen-bond donors (Lipinski definition) is 0. The van der Waals surface area contributed by atoms with Crippen molar-refractivity contribution in [2.45, 2.75) is 11.8 Å². The molecule has 0 nitrogen and oxygen atoms in total. The third-order valence-electron chi connectivity index (χ3n) is 8.89. The lowest BCUT2D eigenvalue weighted by atomic mass is 9.70. The minimum absolute atomic E-state index is 0.286. The van der Waals surface area contributed by atoms with E-state index in [4.69, 9.17) is 0 Å². The van der Waals surface area contributed by atoms with E-state index in [-0.39, 0.29) is 5.41 Å². The Bertz CT molecular complexity index is 1920. The molecule has 1 spiro atoms. The summed E-state index contributed by atoms with van der Waals surface area (Å²) in [6.45, 7) is 0. The molecule has 0 saturated heterocycles. The van der Waals surface area contributed by atoms with Crippen molar-refractivity contribution in [3.63, 3.8) is 0 Å². The van der Waals surface area contributed by atoms with Crippen LogP contribution in [0.1, 0.15) is 33.4 Å². The first-order chi connectivity index (χ1) is 17.9. The van der Waals surface area contributed by atoms with Gasteiger partial charge in [-0.2, -0.15) is 0 Å². The third-order valence-corrected chi connectivity index (χ3v) is 8.89. The lowest BCUT2D eigenvalue weighted by Gasteiger charge is -2.31. The molecule has 0 aliphatic heterocycles. The van der Waals surface area contributed by atoms with Crippen molar-refractivity contribution in [2.24, 2.45) is 0 Å². The Morgan fingerprint density at radius 2 is 1.11 bits per heavy atom. The van der Waals surface area contributed by atoms with Crippen molar-refractivity contribution in [1.29, 1.82) is 0 Å². The molecule has 0 N–H and O–H groups in total. The van der Waals surface area contributed by atoms with Crippen molar-refractivity contribution in [2.75, 3.05) is 0 Å². The summed E-state index contributed by atoms with van der Waals surface area (Å²) in [5.74, 6) is 0. The van der Waals surface area contributed by atoms with Crippen LogP contribution >= 0.6 is 0 Å². The predicted octanol–water partition coefficient (Wildman–Crippen LogP) is 8.75. The van der Waals surface area contributed by atoms with Crippen LogP contribution in [0, 0.1) is 0 Å². The number of fused-ring (bicyclic) bond motifs is 15. The van der Waals surface area contributed by atoms with Gasteiger partial charge in [0.05, 0.1) is 5.41 Å². The molecule has 0 heterocycles. The summed E-state index contributed by atoms with van der Waals surface area (Å²) in [6, 6.07) is 45.8. The second-order valence-electron chi connectivity index (χ2n) is 10.4. The van der Waals surface area contributed by atoms with Gasteiger partial charge in [-0.3, -0.25) is 0 Å². The van der Waals surface area contributed by atoms with Gasteiger partial charge in [-0.15, -0.1) is 0 Å². The maximum Gasteiger partial charge on any atom is 0.0725 e. The molecule has 1 atom stereocenters. The van der Waals surface area contributed by atoms with Crippen molar-refractivity contribution >= 4 is 10.8 Å². The first-order valence-electron chi connectivity index (χ1n) is 12.8. The van der Waals surface area contributed by atoms with Crippen molar-refractivity contribution < 1.29 is 0 Å². The van der Waals surface area contributed by atoms with Crippen LogP contribution in [0.3, 0.4) is 0 Å². The summed E-state index contributed by atoms with van der Waals surface area (Å²) in [5.41, 5.74) is 16.6. The minimum atomic E-state index is -0.286. The number of hydrogen-bond acceptors (Lipinski definition) is 0. The molecule has 0 bridgehead atoms. The SMILES string of the molecule is c1ccc2c(c1)Cc1cc3c(cc1-2)-c1ccccc1C31c2ccccc2-c2c1ccc1ccccc21. The van der Waals surface area contributed by atoms with E-state index in [1.165, 1.54) is 77.5 Å². The lowest BCUT2D eigenvalue weighted by Crippen LogP contribution is -2.26. The van der Waals surface area contributed by atoms with E-state index in [9.17, 15) is 0 Å². The zero-order valence-corrected chi connectivity index (χ0v) is 19.8. The van der Waals surface area contributed by atoms with Gasteiger partial charge in [0.25, 0.3) is 0 Å². The molecule has 36 heavy (non-hydrogen) atoms. The van der Waals surface area contributed by atoms with E-state index in [0.29, 0.717) is 0 Å². The van der Waals surface area contributed by atoms with Gasteiger partial charge in [0.1, 0.15) is 0 Å². The molecule has 0 saturated carbocycles. The molecule has 0 heteroatoms. The fourth-order valence-corrected chi connectivity index (χ4v) is 7.53. The van der Waals surface area contributed by atoms with Crippen LogP contribution in [-0.2, 0) is 11.8 Å². The molecule has 3 aliphatic carbocycles. The summed E-state index contributed by atoms with van der Waals surface area (Å²) in [4.78, 5) is 0. The summed E-state index contributed by atoms with van der Waals surface area (Å²) in [7, 11) is 0. The van der Waals surface area contributed by atoms with E-state index >= 15 is 0 Å². The van der Waals surface area contributed by atoms with Crippen LogP contribution in [0.15, 0.2) is 121 Å². The molecule has 6 aromatic rings. The fraction of sp³-hybridized carbons (Fsp3) is 0.0556. The van der Waals surface area contributed by atoms with Gasteiger partial charge in [-0.05, 0) is 90.0 Å². The normalized spacial score (nSPS) is 17.4. The molecule has 9 rings (SSSR count). The number of rotatable bonds is 0. The topological polar surface area (TPSA) is 0 Å². The Hall–Kier alpha value is -4.42. The zero-order chi connectivity index (χ0) is 23.4. The molecule has 3 aliphatic rings. The molecule has 0 radical (unpaired) electrons. The van der Waals surface area contributed by atoms with Crippen molar-refractivity contribution in [3.8, 4) is 33.4 Å². The maximum atomic E-state index is 2.55. The van der Waals surface area contributed by atoms with E-state index in [1.54, 1.807) is 0 Å². The summed E-state index contributed by atoms with van der Waals surface area (Å²) in [5, 5.41) is 2.65. The molecule has 0 aromatic heterocycles. The summed E-state index contributed by atoms with van der Waals surface area (Å²) < 4.78 is 0. The van der Waals surface area contributed by atoms with E-state index in [1.807, 2.05) is 0 Å². The molecular formula is C36H22. The second-order valence-corrected chi connectivity index (χ2v) is 10.4. The Balaban J connectivity index is 1.46. The van der Waals surface area contributed by atoms with Crippen LogP contribution < -0.4 is 0 Å². The third kappa shape index (κ3) is 2.05. The predicted molar refractivity (Wildman–Crippen MR) is 148 cm³/mol. The Labute approximate surface area is 210 Å². The lowest BCUT2D eigenvalue weighted by molar-refractivity contribution is 0.793. The van der Waals surface area contributed by atoms with Gasteiger partial charge >= 0.3 is 0 Å². The average Bonchev–Trinajstić information content (AvgIpc) is 3.55. The second kappa shape index (κ2) is 6.42. The van der Waals surface area contributed by atoms with Crippen LogP contribution in [-0.4, -0.2) is 0 Å². The Morgan fingerprint density at radius 3 is 2.00 bits per heavy atom. The highest BCUT2D eigenvalue weighted by molar-refractivity contribution is 6.06. The van der Waals surface area contributed by atoms with Gasteiger partial charge in [0.2, 0.25) is 0 Å². The van der Waals surface area contributed by atoms with Crippen molar-refractivity contribution in [1.82, 2.24) is 0 Å². The largest absolute Gasteiger partial charge is 0.0725 e. The van der Waals surface area contributed by atoms with Crippen LogP contribution in [0.2, 0.25) is 0 Å². The van der Waals surface area contributed by atoms with Gasteiger partial charge in [-0.1, -0.05) is 115 Å². The van der Waals surface area contributed by atoms with Crippen LogP contribution in [0.25, 0.3) is 44.2 Å². The van der Waals surface area contributed by atoms with Gasteiger partial charge in [0, 0.05) is 0 Å².